The molecule has 0 aliphatic rings. The van der Waals surface area contributed by atoms with Crippen LogP contribution in [-0.2, 0) is 6.18 Å². The van der Waals surface area contributed by atoms with E-state index in [9.17, 15) is 26.3 Å². The van der Waals surface area contributed by atoms with Gasteiger partial charge in [0.1, 0.15) is 0 Å². The minimum absolute atomic E-state index is 0.0396. The van der Waals surface area contributed by atoms with Crippen LogP contribution in [-0.4, -0.2) is 18.5 Å². The summed E-state index contributed by atoms with van der Waals surface area (Å²) in [5.74, 6) is -0.245. The van der Waals surface area contributed by atoms with Crippen LogP contribution in [0.5, 0.6) is 0 Å². The second kappa shape index (κ2) is 7.89. The summed E-state index contributed by atoms with van der Waals surface area (Å²) in [4.78, 5) is 4.84. The van der Waals surface area contributed by atoms with E-state index in [0.717, 1.165) is 17.0 Å². The van der Waals surface area contributed by atoms with Gasteiger partial charge in [0.25, 0.3) is 0 Å². The third kappa shape index (κ3) is 5.70. The lowest BCUT2D eigenvalue weighted by Gasteiger charge is -2.20. The molecular weight excluding hydrogens is 416 g/mol. The highest BCUT2D eigenvalue weighted by Gasteiger charge is 2.31. The van der Waals surface area contributed by atoms with Gasteiger partial charge in [-0.25, -0.2) is 4.99 Å². The smallest absolute Gasteiger partial charge is 0.369 e. The Morgan fingerprint density at radius 1 is 1.07 bits per heavy atom. The molecular formula is C16H12ClF6N3S. The Bertz CT molecular complexity index is 851. The third-order valence-corrected chi connectivity index (χ3v) is 4.61. The molecule has 0 radical (unpaired) electrons. The monoisotopic (exact) mass is 427 g/mol. The highest BCUT2D eigenvalue weighted by atomic mass is 35.5. The predicted octanol–water partition coefficient (Wildman–Crippen LogP) is 6.05. The van der Waals surface area contributed by atoms with Gasteiger partial charge in [0.15, 0.2) is 0 Å². The van der Waals surface area contributed by atoms with Crippen molar-refractivity contribution in [2.75, 3.05) is 11.9 Å². The van der Waals surface area contributed by atoms with Crippen LogP contribution in [0, 0.1) is 0 Å². The van der Waals surface area contributed by atoms with E-state index in [-0.39, 0.29) is 27.3 Å². The number of nitrogens with zero attached hydrogens (tertiary/aromatic N) is 2. The normalized spacial score (nSPS) is 13.0. The van der Waals surface area contributed by atoms with E-state index in [4.69, 9.17) is 17.3 Å². The Balaban J connectivity index is 2.34. The fourth-order valence-corrected chi connectivity index (χ4v) is 2.88. The van der Waals surface area contributed by atoms with E-state index >= 15 is 0 Å². The highest BCUT2D eigenvalue weighted by Crippen LogP contribution is 2.43. The van der Waals surface area contributed by atoms with Gasteiger partial charge in [-0.15, -0.1) is 0 Å². The van der Waals surface area contributed by atoms with Crippen LogP contribution in [0.2, 0.25) is 5.02 Å². The summed E-state index contributed by atoms with van der Waals surface area (Å²) >= 11 is 5.54. The van der Waals surface area contributed by atoms with Crippen molar-refractivity contribution in [2.24, 2.45) is 10.7 Å². The molecule has 0 aromatic heterocycles. The van der Waals surface area contributed by atoms with Crippen molar-refractivity contribution in [3.63, 3.8) is 0 Å². The molecule has 0 saturated carbocycles. The van der Waals surface area contributed by atoms with Gasteiger partial charge < -0.3 is 10.6 Å². The van der Waals surface area contributed by atoms with Crippen molar-refractivity contribution in [2.45, 2.75) is 16.6 Å². The van der Waals surface area contributed by atoms with Crippen molar-refractivity contribution in [3.05, 3.63) is 53.1 Å². The summed E-state index contributed by atoms with van der Waals surface area (Å²) in [6.45, 7) is 0. The molecule has 0 atom stereocenters. The first kappa shape index (κ1) is 21.2. The summed E-state index contributed by atoms with van der Waals surface area (Å²) in [5.41, 5.74) is 0.445. The molecule has 2 aromatic carbocycles. The second-order valence-electron chi connectivity index (χ2n) is 5.21. The van der Waals surface area contributed by atoms with Crippen LogP contribution in [0.1, 0.15) is 5.56 Å². The summed E-state index contributed by atoms with van der Waals surface area (Å²) < 4.78 is 76.1. The topological polar surface area (TPSA) is 41.6 Å². The average Bonchev–Trinajstić information content (AvgIpc) is 2.56. The number of alkyl halides is 6. The molecule has 0 fully saturated rings. The minimum atomic E-state index is -4.54. The molecule has 2 N–H and O–H groups in total. The quantitative estimate of drug-likeness (QED) is 0.280. The first-order valence-corrected chi connectivity index (χ1v) is 8.37. The maximum Gasteiger partial charge on any atom is 0.446 e. The van der Waals surface area contributed by atoms with Crippen LogP contribution in [0.3, 0.4) is 0 Å². The number of guanidine groups is 1. The van der Waals surface area contributed by atoms with Crippen molar-refractivity contribution in [3.8, 4) is 0 Å². The zero-order valence-electron chi connectivity index (χ0n) is 13.6. The molecule has 146 valence electrons. The molecule has 0 unspecified atom stereocenters. The number of aliphatic imine (C=N–C) groups is 1. The maximum atomic E-state index is 12.8. The molecule has 2 aromatic rings. The van der Waals surface area contributed by atoms with E-state index < -0.39 is 29.0 Å². The van der Waals surface area contributed by atoms with Gasteiger partial charge in [0.2, 0.25) is 5.96 Å². The summed E-state index contributed by atoms with van der Waals surface area (Å²) in [6.07, 6.45) is -4.53. The first-order chi connectivity index (χ1) is 12.4. The number of anilines is 1. The third-order valence-electron chi connectivity index (χ3n) is 3.31. The van der Waals surface area contributed by atoms with Gasteiger partial charge in [-0.3, -0.25) is 0 Å². The van der Waals surface area contributed by atoms with Gasteiger partial charge in [-0.1, -0.05) is 23.7 Å². The fourth-order valence-electron chi connectivity index (χ4n) is 2.01. The van der Waals surface area contributed by atoms with E-state index in [1.807, 2.05) is 0 Å². The number of benzene rings is 2. The predicted molar refractivity (Wildman–Crippen MR) is 94.5 cm³/mol. The van der Waals surface area contributed by atoms with E-state index in [2.05, 4.69) is 4.99 Å². The van der Waals surface area contributed by atoms with Gasteiger partial charge in [0.05, 0.1) is 16.3 Å². The van der Waals surface area contributed by atoms with E-state index in [1.165, 1.54) is 37.4 Å². The van der Waals surface area contributed by atoms with E-state index in [0.29, 0.717) is 0 Å². The SMILES string of the molecule is CN(C(N)=Nc1cccc(SC(F)(F)F)c1Cl)c1cccc(C(F)(F)F)c1. The first-order valence-electron chi connectivity index (χ1n) is 7.18. The van der Waals surface area contributed by atoms with Crippen LogP contribution in [0.4, 0.5) is 37.7 Å². The van der Waals surface area contributed by atoms with Crippen molar-refractivity contribution in [1.29, 1.82) is 0 Å². The second-order valence-corrected chi connectivity index (χ2v) is 6.70. The molecule has 0 aliphatic heterocycles. The Hall–Kier alpha value is -2.07. The van der Waals surface area contributed by atoms with Gasteiger partial charge in [-0.05, 0) is 42.1 Å². The van der Waals surface area contributed by atoms with Crippen molar-refractivity contribution < 1.29 is 26.3 Å². The number of nitrogens with two attached hydrogens (primary N) is 1. The van der Waals surface area contributed by atoms with Crippen LogP contribution in [0.15, 0.2) is 52.4 Å². The van der Waals surface area contributed by atoms with Crippen LogP contribution < -0.4 is 10.6 Å². The lowest BCUT2D eigenvalue weighted by atomic mass is 10.2. The molecule has 0 spiro atoms. The molecule has 0 bridgehead atoms. The van der Waals surface area contributed by atoms with E-state index in [1.54, 1.807) is 0 Å². The molecule has 27 heavy (non-hydrogen) atoms. The summed E-state index contributed by atoms with van der Waals surface area (Å²) in [5, 5.41) is -0.264. The average molecular weight is 428 g/mol. The zero-order valence-corrected chi connectivity index (χ0v) is 15.1. The van der Waals surface area contributed by atoms with Gasteiger partial charge >= 0.3 is 11.7 Å². The zero-order chi connectivity index (χ0) is 20.4. The van der Waals surface area contributed by atoms with Crippen molar-refractivity contribution >= 4 is 40.7 Å². The molecule has 11 heteroatoms. The maximum absolute atomic E-state index is 12.8. The summed E-state index contributed by atoms with van der Waals surface area (Å²) in [6, 6.07) is 8.20. The summed E-state index contributed by atoms with van der Waals surface area (Å²) in [7, 11) is 1.37. The Morgan fingerprint density at radius 2 is 1.70 bits per heavy atom. The number of hydrogen-bond donors (Lipinski definition) is 1. The fraction of sp³-hybridized carbons (Fsp3) is 0.188. The van der Waals surface area contributed by atoms with Gasteiger partial charge in [0, 0.05) is 17.6 Å². The molecule has 0 saturated heterocycles. The standard InChI is InChI=1S/C16H12ClF6N3S/c1-26(10-5-2-4-9(8-10)15(18,19)20)14(24)25-11-6-3-7-12(13(11)17)27-16(21,22)23/h2-8H,1H3,(H2,24,25). The Kier molecular flexibility index (Phi) is 6.21. The number of thioether (sulfide) groups is 1. The number of rotatable bonds is 3. The van der Waals surface area contributed by atoms with Crippen molar-refractivity contribution in [1.82, 2.24) is 0 Å². The van der Waals surface area contributed by atoms with Crippen LogP contribution in [0.25, 0.3) is 0 Å². The largest absolute Gasteiger partial charge is 0.446 e. The molecule has 0 amide bonds. The van der Waals surface area contributed by atoms with Crippen LogP contribution >= 0.6 is 23.4 Å². The number of hydrogen-bond acceptors (Lipinski definition) is 2. The lowest BCUT2D eigenvalue weighted by molar-refractivity contribution is -0.137. The van der Waals surface area contributed by atoms with Gasteiger partial charge in [-0.2, -0.15) is 26.3 Å². The lowest BCUT2D eigenvalue weighted by Crippen LogP contribution is -2.33. The molecule has 2 rings (SSSR count). The Morgan fingerprint density at radius 3 is 2.30 bits per heavy atom. The molecule has 0 aliphatic carbocycles. The minimum Gasteiger partial charge on any atom is -0.369 e. The molecule has 0 heterocycles. The molecule has 3 nitrogen and oxygen atoms in total. The number of halogens is 7. The highest BCUT2D eigenvalue weighted by molar-refractivity contribution is 8.00. The Labute approximate surface area is 159 Å².